The Hall–Kier alpha value is -2.88. The minimum atomic E-state index is 0.159. The normalized spacial score (nSPS) is 16.5. The number of hydrogen-bond acceptors (Lipinski definition) is 3. The van der Waals surface area contributed by atoms with Gasteiger partial charge in [-0.05, 0) is 50.3 Å². The highest BCUT2D eigenvalue weighted by molar-refractivity contribution is 5.79. The fourth-order valence-corrected chi connectivity index (χ4v) is 3.98. The van der Waals surface area contributed by atoms with E-state index < -0.39 is 0 Å². The van der Waals surface area contributed by atoms with E-state index in [-0.39, 0.29) is 5.91 Å². The first-order valence-corrected chi connectivity index (χ1v) is 10.1. The fourth-order valence-electron chi connectivity index (χ4n) is 3.98. The lowest BCUT2D eigenvalue weighted by atomic mass is 10.0. The molecule has 3 aromatic rings. The second-order valence-electron chi connectivity index (χ2n) is 7.47. The summed E-state index contributed by atoms with van der Waals surface area (Å²) in [5.41, 5.74) is 3.02. The topological polar surface area (TPSA) is 46.3 Å². The highest BCUT2D eigenvalue weighted by atomic mass is 16.4. The number of aromatic nitrogens is 1. The van der Waals surface area contributed by atoms with Crippen molar-refractivity contribution in [2.24, 2.45) is 0 Å². The van der Waals surface area contributed by atoms with Crippen LogP contribution >= 0.6 is 0 Å². The van der Waals surface area contributed by atoms with E-state index in [4.69, 9.17) is 4.42 Å². The van der Waals surface area contributed by atoms with Crippen LogP contribution in [0.25, 0.3) is 11.5 Å². The molecular formula is C24H26N2O2. The zero-order valence-electron chi connectivity index (χ0n) is 16.3. The molecule has 4 nitrogen and oxygen atoms in total. The number of amides is 1. The number of likely N-dealkylation sites (tertiary alicyclic amines) is 1. The van der Waals surface area contributed by atoms with Crippen molar-refractivity contribution < 1.29 is 9.21 Å². The van der Waals surface area contributed by atoms with Crippen LogP contribution in [-0.2, 0) is 17.6 Å². The minimum absolute atomic E-state index is 0.159. The second-order valence-corrected chi connectivity index (χ2v) is 7.47. The zero-order chi connectivity index (χ0) is 19.3. The molecule has 4 rings (SSSR count). The molecular weight excluding hydrogens is 348 g/mol. The average molecular weight is 374 g/mol. The van der Waals surface area contributed by atoms with E-state index in [1.54, 1.807) is 0 Å². The van der Waals surface area contributed by atoms with Gasteiger partial charge in [0, 0.05) is 18.2 Å². The number of carbonyl (C=O) groups is 1. The van der Waals surface area contributed by atoms with Gasteiger partial charge in [-0.1, -0.05) is 48.5 Å². The fraction of sp³-hybridized carbons (Fsp3) is 0.333. The third-order valence-electron chi connectivity index (χ3n) is 5.54. The van der Waals surface area contributed by atoms with Crippen LogP contribution in [0.3, 0.4) is 0 Å². The maximum absolute atomic E-state index is 13.0. The van der Waals surface area contributed by atoms with Crippen LogP contribution in [0.15, 0.2) is 65.1 Å². The van der Waals surface area contributed by atoms with Crippen molar-refractivity contribution in [1.29, 1.82) is 0 Å². The van der Waals surface area contributed by atoms with E-state index in [1.807, 2.05) is 43.3 Å². The van der Waals surface area contributed by atoms with E-state index in [0.717, 1.165) is 49.2 Å². The first kappa shape index (κ1) is 18.5. The third kappa shape index (κ3) is 4.16. The molecule has 0 spiro atoms. The molecule has 1 saturated heterocycles. The Labute approximate surface area is 166 Å². The Balaban J connectivity index is 1.41. The molecule has 2 heterocycles. The maximum atomic E-state index is 13.0. The van der Waals surface area contributed by atoms with Crippen LogP contribution in [0.5, 0.6) is 0 Å². The first-order chi connectivity index (χ1) is 13.7. The molecule has 0 saturated carbocycles. The molecule has 1 atom stereocenters. The predicted molar refractivity (Wildman–Crippen MR) is 110 cm³/mol. The smallest absolute Gasteiger partial charge is 0.228 e. The van der Waals surface area contributed by atoms with Crippen molar-refractivity contribution in [3.8, 4) is 11.5 Å². The third-order valence-corrected chi connectivity index (χ3v) is 5.54. The van der Waals surface area contributed by atoms with Crippen molar-refractivity contribution in [1.82, 2.24) is 9.88 Å². The number of rotatable bonds is 6. The average Bonchev–Trinajstić information content (AvgIpc) is 3.35. The molecule has 0 bridgehead atoms. The standard InChI is InChI=1S/C24H26N2O2/c1-18-22(25-24(28-18)20-11-6-3-7-12-20)17-23(27)26-16-8-13-21(26)15-14-19-9-4-2-5-10-19/h2-7,9-12,21H,8,13-17H2,1H3. The molecule has 1 aromatic heterocycles. The molecule has 0 radical (unpaired) electrons. The van der Waals surface area contributed by atoms with Gasteiger partial charge in [0.1, 0.15) is 5.76 Å². The van der Waals surface area contributed by atoms with Crippen molar-refractivity contribution in [2.45, 2.75) is 45.1 Å². The summed E-state index contributed by atoms with van der Waals surface area (Å²) < 4.78 is 5.81. The number of nitrogens with zero attached hydrogens (tertiary/aromatic N) is 2. The summed E-state index contributed by atoms with van der Waals surface area (Å²) in [5, 5.41) is 0. The van der Waals surface area contributed by atoms with Crippen LogP contribution in [0.1, 0.15) is 36.3 Å². The molecule has 144 valence electrons. The highest BCUT2D eigenvalue weighted by Crippen LogP contribution is 2.25. The first-order valence-electron chi connectivity index (χ1n) is 10.1. The van der Waals surface area contributed by atoms with E-state index in [9.17, 15) is 4.79 Å². The lowest BCUT2D eigenvalue weighted by Gasteiger charge is -2.24. The summed E-state index contributed by atoms with van der Waals surface area (Å²) >= 11 is 0. The molecule has 1 amide bonds. The number of carbonyl (C=O) groups excluding carboxylic acids is 1. The van der Waals surface area contributed by atoms with Gasteiger partial charge in [0.15, 0.2) is 0 Å². The molecule has 1 aliphatic rings. The van der Waals surface area contributed by atoms with Gasteiger partial charge < -0.3 is 9.32 Å². The van der Waals surface area contributed by atoms with Crippen molar-refractivity contribution in [3.63, 3.8) is 0 Å². The van der Waals surface area contributed by atoms with Crippen molar-refractivity contribution in [2.75, 3.05) is 6.54 Å². The Morgan fingerprint density at radius 3 is 2.57 bits per heavy atom. The summed E-state index contributed by atoms with van der Waals surface area (Å²) in [6.07, 6.45) is 4.51. The molecule has 1 fully saturated rings. The minimum Gasteiger partial charge on any atom is -0.441 e. The van der Waals surface area contributed by atoms with Crippen LogP contribution in [0, 0.1) is 6.92 Å². The second kappa shape index (κ2) is 8.42. The number of aryl methyl sites for hydroxylation is 2. The molecule has 0 aliphatic carbocycles. The number of benzene rings is 2. The Morgan fingerprint density at radius 2 is 1.82 bits per heavy atom. The lowest BCUT2D eigenvalue weighted by Crippen LogP contribution is -2.37. The quantitative estimate of drug-likeness (QED) is 0.622. The van der Waals surface area contributed by atoms with Gasteiger partial charge >= 0.3 is 0 Å². The van der Waals surface area contributed by atoms with Gasteiger partial charge in [0.2, 0.25) is 11.8 Å². The molecule has 4 heteroatoms. The summed E-state index contributed by atoms with van der Waals surface area (Å²) in [4.78, 5) is 19.6. The lowest BCUT2D eigenvalue weighted by molar-refractivity contribution is -0.131. The van der Waals surface area contributed by atoms with E-state index in [1.165, 1.54) is 5.56 Å². The molecule has 1 aliphatic heterocycles. The Morgan fingerprint density at radius 1 is 1.11 bits per heavy atom. The van der Waals surface area contributed by atoms with E-state index in [0.29, 0.717) is 18.4 Å². The van der Waals surface area contributed by atoms with Crippen LogP contribution in [-0.4, -0.2) is 28.4 Å². The Bertz CT molecular complexity index is 918. The van der Waals surface area contributed by atoms with Crippen LogP contribution < -0.4 is 0 Å². The van der Waals surface area contributed by atoms with E-state index in [2.05, 4.69) is 34.1 Å². The zero-order valence-corrected chi connectivity index (χ0v) is 16.3. The summed E-state index contributed by atoms with van der Waals surface area (Å²) in [6, 6.07) is 20.7. The van der Waals surface area contributed by atoms with Crippen molar-refractivity contribution >= 4 is 5.91 Å². The van der Waals surface area contributed by atoms with Crippen molar-refractivity contribution in [3.05, 3.63) is 77.7 Å². The van der Waals surface area contributed by atoms with Gasteiger partial charge in [-0.2, -0.15) is 0 Å². The van der Waals surface area contributed by atoms with Gasteiger partial charge in [-0.25, -0.2) is 4.98 Å². The van der Waals surface area contributed by atoms with Gasteiger partial charge in [0.25, 0.3) is 0 Å². The number of oxazole rings is 1. The molecule has 2 aromatic carbocycles. The molecule has 28 heavy (non-hydrogen) atoms. The van der Waals surface area contributed by atoms with E-state index >= 15 is 0 Å². The largest absolute Gasteiger partial charge is 0.441 e. The summed E-state index contributed by atoms with van der Waals surface area (Å²) in [6.45, 7) is 2.74. The Kier molecular flexibility index (Phi) is 5.56. The monoisotopic (exact) mass is 374 g/mol. The predicted octanol–water partition coefficient (Wildman–Crippen LogP) is 4.82. The van der Waals surface area contributed by atoms with Crippen LogP contribution in [0.2, 0.25) is 0 Å². The van der Waals surface area contributed by atoms with Crippen LogP contribution in [0.4, 0.5) is 0 Å². The maximum Gasteiger partial charge on any atom is 0.228 e. The summed E-state index contributed by atoms with van der Waals surface area (Å²) in [7, 11) is 0. The molecule has 1 unspecified atom stereocenters. The number of hydrogen-bond donors (Lipinski definition) is 0. The SMILES string of the molecule is Cc1oc(-c2ccccc2)nc1CC(=O)N1CCCC1CCc1ccccc1. The molecule has 0 N–H and O–H groups in total. The van der Waals surface area contributed by atoms with Gasteiger partial charge in [-0.15, -0.1) is 0 Å². The summed E-state index contributed by atoms with van der Waals surface area (Å²) in [5.74, 6) is 1.47. The highest BCUT2D eigenvalue weighted by Gasteiger charge is 2.29. The van der Waals surface area contributed by atoms with Gasteiger partial charge in [0.05, 0.1) is 12.1 Å². The van der Waals surface area contributed by atoms with Gasteiger partial charge in [-0.3, -0.25) is 4.79 Å².